The normalized spacial score (nSPS) is 28.7. The first-order valence-corrected chi connectivity index (χ1v) is 6.83. The summed E-state index contributed by atoms with van der Waals surface area (Å²) in [6.07, 6.45) is 4.36. The standard InChI is InChI=1S/C15H21N3/c1-9-4-13-8-16-18-15(13)7-14(9)12-5-10(2)17-11(3)6-12/h4,7-8,10-12,17H,5-6H2,1-3H3,(H,16,18). The highest BCUT2D eigenvalue weighted by Gasteiger charge is 2.25. The van der Waals surface area contributed by atoms with Crippen LogP contribution in [0.3, 0.4) is 0 Å². The van der Waals surface area contributed by atoms with Gasteiger partial charge in [0.1, 0.15) is 0 Å². The van der Waals surface area contributed by atoms with Crippen molar-refractivity contribution in [2.45, 2.75) is 51.6 Å². The van der Waals surface area contributed by atoms with E-state index in [0.29, 0.717) is 18.0 Å². The van der Waals surface area contributed by atoms with Gasteiger partial charge in [-0.25, -0.2) is 0 Å². The van der Waals surface area contributed by atoms with Crippen molar-refractivity contribution in [1.29, 1.82) is 0 Å². The van der Waals surface area contributed by atoms with E-state index in [1.54, 1.807) is 0 Å². The van der Waals surface area contributed by atoms with Crippen molar-refractivity contribution in [3.05, 3.63) is 29.5 Å². The molecule has 2 N–H and O–H groups in total. The first-order chi connectivity index (χ1) is 8.63. The van der Waals surface area contributed by atoms with Crippen molar-refractivity contribution in [2.24, 2.45) is 0 Å². The van der Waals surface area contributed by atoms with Crippen LogP contribution in [0.4, 0.5) is 0 Å². The van der Waals surface area contributed by atoms with E-state index in [-0.39, 0.29) is 0 Å². The summed E-state index contributed by atoms with van der Waals surface area (Å²) in [5.41, 5.74) is 4.05. The molecule has 2 unspecified atom stereocenters. The van der Waals surface area contributed by atoms with E-state index in [1.165, 1.54) is 29.4 Å². The maximum Gasteiger partial charge on any atom is 0.0653 e. The van der Waals surface area contributed by atoms with Gasteiger partial charge in [0, 0.05) is 17.5 Å². The highest BCUT2D eigenvalue weighted by molar-refractivity contribution is 5.79. The molecule has 18 heavy (non-hydrogen) atoms. The Balaban J connectivity index is 1.99. The number of H-pyrrole nitrogens is 1. The molecule has 0 saturated carbocycles. The van der Waals surface area contributed by atoms with Crippen LogP contribution in [0.25, 0.3) is 10.9 Å². The Morgan fingerprint density at radius 2 is 1.89 bits per heavy atom. The summed E-state index contributed by atoms with van der Waals surface area (Å²) in [4.78, 5) is 0. The Hall–Kier alpha value is -1.35. The van der Waals surface area contributed by atoms with Gasteiger partial charge in [-0.15, -0.1) is 0 Å². The first kappa shape index (κ1) is 11.7. The molecule has 2 aromatic rings. The van der Waals surface area contributed by atoms with Crippen molar-refractivity contribution >= 4 is 10.9 Å². The Morgan fingerprint density at radius 1 is 1.17 bits per heavy atom. The lowest BCUT2D eigenvalue weighted by Crippen LogP contribution is -2.41. The molecule has 1 saturated heterocycles. The minimum absolute atomic E-state index is 0.607. The average Bonchev–Trinajstić information content (AvgIpc) is 2.73. The van der Waals surface area contributed by atoms with E-state index in [4.69, 9.17) is 0 Å². The van der Waals surface area contributed by atoms with Gasteiger partial charge in [-0.2, -0.15) is 5.10 Å². The zero-order valence-electron chi connectivity index (χ0n) is 11.3. The minimum atomic E-state index is 0.607. The number of aromatic nitrogens is 2. The van der Waals surface area contributed by atoms with Crippen molar-refractivity contribution in [3.8, 4) is 0 Å². The molecule has 1 fully saturated rings. The summed E-state index contributed by atoms with van der Waals surface area (Å²) >= 11 is 0. The lowest BCUT2D eigenvalue weighted by atomic mass is 9.82. The summed E-state index contributed by atoms with van der Waals surface area (Å²) in [5, 5.41) is 12.0. The van der Waals surface area contributed by atoms with Gasteiger partial charge < -0.3 is 5.32 Å². The van der Waals surface area contributed by atoms with E-state index in [2.05, 4.69) is 48.4 Å². The van der Waals surface area contributed by atoms with Crippen LogP contribution in [0.15, 0.2) is 18.3 Å². The van der Waals surface area contributed by atoms with E-state index < -0.39 is 0 Å². The number of rotatable bonds is 1. The fourth-order valence-electron chi connectivity index (χ4n) is 3.39. The first-order valence-electron chi connectivity index (χ1n) is 6.83. The molecular weight excluding hydrogens is 222 g/mol. The molecule has 96 valence electrons. The number of benzene rings is 1. The number of nitrogens with one attached hydrogen (secondary N) is 2. The number of fused-ring (bicyclic) bond motifs is 1. The summed E-state index contributed by atoms with van der Waals surface area (Å²) < 4.78 is 0. The molecule has 1 aromatic heterocycles. The molecule has 2 heterocycles. The van der Waals surface area contributed by atoms with E-state index in [9.17, 15) is 0 Å². The molecule has 2 atom stereocenters. The number of nitrogens with zero attached hydrogens (tertiary/aromatic N) is 1. The monoisotopic (exact) mass is 243 g/mol. The molecule has 3 rings (SSSR count). The molecule has 1 aliphatic rings. The second-order valence-electron chi connectivity index (χ2n) is 5.80. The number of aryl methyl sites for hydroxylation is 1. The number of piperidine rings is 1. The van der Waals surface area contributed by atoms with Gasteiger partial charge in [-0.05, 0) is 62.8 Å². The van der Waals surface area contributed by atoms with Crippen LogP contribution in [-0.4, -0.2) is 22.3 Å². The van der Waals surface area contributed by atoms with Crippen molar-refractivity contribution in [2.75, 3.05) is 0 Å². The summed E-state index contributed by atoms with van der Waals surface area (Å²) in [5.74, 6) is 0.670. The molecule has 0 radical (unpaired) electrons. The van der Waals surface area contributed by atoms with Gasteiger partial charge in [0.2, 0.25) is 0 Å². The second-order valence-corrected chi connectivity index (χ2v) is 5.80. The molecule has 3 heteroatoms. The van der Waals surface area contributed by atoms with Gasteiger partial charge in [0.25, 0.3) is 0 Å². The molecule has 1 aromatic carbocycles. The lowest BCUT2D eigenvalue weighted by molar-refractivity contribution is 0.316. The minimum Gasteiger partial charge on any atom is -0.312 e. The number of aromatic amines is 1. The topological polar surface area (TPSA) is 40.7 Å². The molecule has 1 aliphatic heterocycles. The Bertz CT molecular complexity index is 548. The molecule has 0 aliphatic carbocycles. The fourth-order valence-corrected chi connectivity index (χ4v) is 3.39. The summed E-state index contributed by atoms with van der Waals surface area (Å²) in [6, 6.07) is 5.77. The highest BCUT2D eigenvalue weighted by atomic mass is 15.1. The van der Waals surface area contributed by atoms with Crippen LogP contribution in [0.5, 0.6) is 0 Å². The molecular formula is C15H21N3. The van der Waals surface area contributed by atoms with Crippen molar-refractivity contribution in [1.82, 2.24) is 15.5 Å². The predicted octanol–water partition coefficient (Wildman–Crippen LogP) is 3.12. The van der Waals surface area contributed by atoms with Gasteiger partial charge in [-0.3, -0.25) is 5.10 Å². The van der Waals surface area contributed by atoms with Crippen LogP contribution < -0.4 is 5.32 Å². The largest absolute Gasteiger partial charge is 0.312 e. The van der Waals surface area contributed by atoms with Crippen LogP contribution >= 0.6 is 0 Å². The summed E-state index contributed by atoms with van der Waals surface area (Å²) in [6.45, 7) is 6.79. The second kappa shape index (κ2) is 4.39. The van der Waals surface area contributed by atoms with E-state index in [0.717, 1.165) is 5.52 Å². The van der Waals surface area contributed by atoms with Crippen LogP contribution in [-0.2, 0) is 0 Å². The van der Waals surface area contributed by atoms with E-state index >= 15 is 0 Å². The maximum absolute atomic E-state index is 4.12. The average molecular weight is 243 g/mol. The molecule has 3 nitrogen and oxygen atoms in total. The van der Waals surface area contributed by atoms with Gasteiger partial charge >= 0.3 is 0 Å². The Kier molecular flexibility index (Phi) is 2.86. The third kappa shape index (κ3) is 2.03. The third-order valence-corrected chi connectivity index (χ3v) is 4.11. The van der Waals surface area contributed by atoms with Gasteiger partial charge in [0.15, 0.2) is 0 Å². The van der Waals surface area contributed by atoms with Crippen molar-refractivity contribution in [3.63, 3.8) is 0 Å². The number of hydrogen-bond acceptors (Lipinski definition) is 2. The van der Waals surface area contributed by atoms with Gasteiger partial charge in [-0.1, -0.05) is 0 Å². The Morgan fingerprint density at radius 3 is 2.61 bits per heavy atom. The fraction of sp³-hybridized carbons (Fsp3) is 0.533. The lowest BCUT2D eigenvalue weighted by Gasteiger charge is -2.34. The Labute approximate surface area is 108 Å². The quantitative estimate of drug-likeness (QED) is 0.808. The maximum atomic E-state index is 4.12. The third-order valence-electron chi connectivity index (χ3n) is 4.11. The van der Waals surface area contributed by atoms with Gasteiger partial charge in [0.05, 0.1) is 11.7 Å². The van der Waals surface area contributed by atoms with Crippen molar-refractivity contribution < 1.29 is 0 Å². The SMILES string of the molecule is Cc1cc2cn[nH]c2cc1C1CC(C)NC(C)C1. The highest BCUT2D eigenvalue weighted by Crippen LogP contribution is 2.33. The number of hydrogen-bond donors (Lipinski definition) is 2. The molecule has 0 spiro atoms. The predicted molar refractivity (Wildman–Crippen MR) is 74.9 cm³/mol. The molecule has 0 bridgehead atoms. The smallest absolute Gasteiger partial charge is 0.0653 e. The van der Waals surface area contributed by atoms with Crippen LogP contribution in [0.1, 0.15) is 43.7 Å². The zero-order valence-corrected chi connectivity index (χ0v) is 11.3. The zero-order chi connectivity index (χ0) is 12.7. The van der Waals surface area contributed by atoms with Crippen LogP contribution in [0.2, 0.25) is 0 Å². The van der Waals surface area contributed by atoms with Crippen LogP contribution in [0, 0.1) is 6.92 Å². The molecule has 0 amide bonds. The summed E-state index contributed by atoms with van der Waals surface area (Å²) in [7, 11) is 0. The van der Waals surface area contributed by atoms with E-state index in [1.807, 2.05) is 6.20 Å².